The minimum Gasteiger partial charge on any atom is -0.444 e. The number of oxazole rings is 1. The predicted octanol–water partition coefficient (Wildman–Crippen LogP) is 6.23. The molecule has 33 heavy (non-hydrogen) atoms. The van der Waals surface area contributed by atoms with E-state index in [1.54, 1.807) is 6.26 Å². The summed E-state index contributed by atoms with van der Waals surface area (Å²) in [5.74, 6) is 0.574. The van der Waals surface area contributed by atoms with Crippen LogP contribution in [0.1, 0.15) is 48.1 Å². The fraction of sp³-hybridized carbons (Fsp3) is 0.462. The zero-order chi connectivity index (χ0) is 23.8. The summed E-state index contributed by atoms with van der Waals surface area (Å²) in [5, 5.41) is 2.47. The first-order valence-corrected chi connectivity index (χ1v) is 11.3. The lowest BCUT2D eigenvalue weighted by Gasteiger charge is -2.31. The van der Waals surface area contributed by atoms with E-state index >= 15 is 0 Å². The number of rotatable bonds is 6. The van der Waals surface area contributed by atoms with Gasteiger partial charge in [-0.2, -0.15) is 13.2 Å². The van der Waals surface area contributed by atoms with Gasteiger partial charge in [0.2, 0.25) is 5.89 Å². The molecule has 1 aliphatic rings. The molecule has 4 nitrogen and oxygen atoms in total. The van der Waals surface area contributed by atoms with Gasteiger partial charge in [0.25, 0.3) is 0 Å². The molecule has 4 rings (SSSR count). The van der Waals surface area contributed by atoms with Crippen molar-refractivity contribution in [3.05, 3.63) is 58.6 Å². The zero-order valence-corrected chi connectivity index (χ0v) is 19.6. The maximum atomic E-state index is 12.4. The minimum atomic E-state index is -4.19. The highest BCUT2D eigenvalue weighted by Crippen LogP contribution is 2.38. The number of nitrogens with one attached hydrogen (secondary N) is 1. The van der Waals surface area contributed by atoms with Crippen LogP contribution in [0, 0.1) is 19.3 Å². The van der Waals surface area contributed by atoms with Crippen LogP contribution in [0.2, 0.25) is 0 Å². The summed E-state index contributed by atoms with van der Waals surface area (Å²) < 4.78 is 42.9. The Bertz CT molecular complexity index is 1120. The van der Waals surface area contributed by atoms with Crippen LogP contribution in [-0.2, 0) is 19.3 Å². The molecule has 176 valence electrons. The first-order valence-electron chi connectivity index (χ1n) is 11.3. The van der Waals surface area contributed by atoms with Crippen molar-refractivity contribution in [3.8, 4) is 22.7 Å². The van der Waals surface area contributed by atoms with E-state index < -0.39 is 12.7 Å². The van der Waals surface area contributed by atoms with Gasteiger partial charge in [0.05, 0.1) is 12.1 Å². The molecule has 7 heteroatoms. The van der Waals surface area contributed by atoms with E-state index in [9.17, 15) is 13.2 Å². The third-order valence-electron chi connectivity index (χ3n) is 6.47. The molecule has 0 atom stereocenters. The maximum absolute atomic E-state index is 12.4. The van der Waals surface area contributed by atoms with Crippen LogP contribution >= 0.6 is 0 Å². The van der Waals surface area contributed by atoms with Gasteiger partial charge >= 0.3 is 6.18 Å². The predicted molar refractivity (Wildman–Crippen MR) is 123 cm³/mol. The third kappa shape index (κ3) is 5.46. The fourth-order valence-corrected chi connectivity index (χ4v) is 4.74. The number of aromatic nitrogens is 2. The SMILES string of the molecule is Cc1cc(-c2coc(-c3cncc4c3CCC(C)(C)C4)n2)cc(C)c1CCNCC(F)(F)F. The largest absolute Gasteiger partial charge is 0.444 e. The first kappa shape index (κ1) is 23.5. The Morgan fingerprint density at radius 3 is 2.55 bits per heavy atom. The summed E-state index contributed by atoms with van der Waals surface area (Å²) in [5.41, 5.74) is 8.56. The molecule has 2 heterocycles. The zero-order valence-electron chi connectivity index (χ0n) is 19.6. The smallest absolute Gasteiger partial charge is 0.401 e. The maximum Gasteiger partial charge on any atom is 0.401 e. The van der Waals surface area contributed by atoms with Crippen LogP contribution in [0.4, 0.5) is 13.2 Å². The average Bonchev–Trinajstić information content (AvgIpc) is 3.20. The number of hydrogen-bond donors (Lipinski definition) is 1. The first-order chi connectivity index (χ1) is 15.5. The van der Waals surface area contributed by atoms with E-state index in [4.69, 9.17) is 9.40 Å². The van der Waals surface area contributed by atoms with E-state index in [1.807, 2.05) is 38.4 Å². The van der Waals surface area contributed by atoms with Gasteiger partial charge in [-0.25, -0.2) is 4.98 Å². The van der Waals surface area contributed by atoms with Crippen LogP contribution in [0.3, 0.4) is 0 Å². The summed E-state index contributed by atoms with van der Waals surface area (Å²) >= 11 is 0. The molecule has 0 spiro atoms. The number of aryl methyl sites for hydroxylation is 2. The number of nitrogens with zero attached hydrogens (tertiary/aromatic N) is 2. The van der Waals surface area contributed by atoms with E-state index in [2.05, 4.69) is 24.1 Å². The summed E-state index contributed by atoms with van der Waals surface area (Å²) in [6.07, 6.45) is 4.89. The summed E-state index contributed by atoms with van der Waals surface area (Å²) in [6.45, 7) is 7.84. The lowest BCUT2D eigenvalue weighted by Crippen LogP contribution is -2.30. The van der Waals surface area contributed by atoms with E-state index in [0.717, 1.165) is 52.8 Å². The Balaban J connectivity index is 1.54. The Morgan fingerprint density at radius 1 is 1.12 bits per heavy atom. The summed E-state index contributed by atoms with van der Waals surface area (Å²) in [6, 6.07) is 4.05. The van der Waals surface area contributed by atoms with Gasteiger partial charge in [-0.15, -0.1) is 0 Å². The molecule has 3 aromatic rings. The molecule has 2 aromatic heterocycles. The van der Waals surface area contributed by atoms with E-state index in [0.29, 0.717) is 12.3 Å². The highest BCUT2D eigenvalue weighted by atomic mass is 19.4. The summed E-state index contributed by atoms with van der Waals surface area (Å²) in [4.78, 5) is 9.20. The normalized spacial score (nSPS) is 15.5. The van der Waals surface area contributed by atoms with Crippen molar-refractivity contribution in [3.63, 3.8) is 0 Å². The van der Waals surface area contributed by atoms with Crippen molar-refractivity contribution in [1.29, 1.82) is 0 Å². The van der Waals surface area contributed by atoms with Crippen molar-refractivity contribution in [1.82, 2.24) is 15.3 Å². The number of pyridine rings is 1. The lowest BCUT2D eigenvalue weighted by molar-refractivity contribution is -0.124. The van der Waals surface area contributed by atoms with Gasteiger partial charge in [-0.3, -0.25) is 4.98 Å². The van der Waals surface area contributed by atoms with E-state index in [-0.39, 0.29) is 12.0 Å². The highest BCUT2D eigenvalue weighted by Gasteiger charge is 2.28. The summed E-state index contributed by atoms with van der Waals surface area (Å²) in [7, 11) is 0. The average molecular weight is 458 g/mol. The quantitative estimate of drug-likeness (QED) is 0.446. The monoisotopic (exact) mass is 457 g/mol. The molecule has 0 amide bonds. The van der Waals surface area contributed by atoms with Gasteiger partial charge in [0, 0.05) is 18.0 Å². The molecule has 1 N–H and O–H groups in total. The van der Waals surface area contributed by atoms with Crippen LogP contribution in [0.15, 0.2) is 35.2 Å². The number of fused-ring (bicyclic) bond motifs is 1. The van der Waals surface area contributed by atoms with Crippen molar-refractivity contribution < 1.29 is 17.6 Å². The Hall–Kier alpha value is -2.67. The number of hydrogen-bond acceptors (Lipinski definition) is 4. The third-order valence-corrected chi connectivity index (χ3v) is 6.47. The Labute approximate surface area is 192 Å². The standard InChI is InChI=1S/C26H30F3N3O/c1-16-9-18(10-17(2)20(16)6-8-30-15-26(27,28)29)23-14-33-24(32-23)22-13-31-12-19-11-25(3,4)7-5-21(19)22/h9-10,12-14,30H,5-8,11,15H2,1-4H3. The molecular weight excluding hydrogens is 427 g/mol. The lowest BCUT2D eigenvalue weighted by atomic mass is 9.74. The molecule has 0 fully saturated rings. The molecule has 0 unspecified atom stereocenters. The fourth-order valence-electron chi connectivity index (χ4n) is 4.74. The van der Waals surface area contributed by atoms with Gasteiger partial charge in [-0.1, -0.05) is 13.8 Å². The van der Waals surface area contributed by atoms with Gasteiger partial charge in [0.1, 0.15) is 12.0 Å². The van der Waals surface area contributed by atoms with Crippen molar-refractivity contribution in [2.24, 2.45) is 5.41 Å². The second-order valence-electron chi connectivity index (χ2n) is 9.83. The second-order valence-corrected chi connectivity index (χ2v) is 9.83. The van der Waals surface area contributed by atoms with Gasteiger partial charge in [-0.05, 0) is 91.4 Å². The van der Waals surface area contributed by atoms with Crippen LogP contribution in [0.5, 0.6) is 0 Å². The highest BCUT2D eigenvalue weighted by molar-refractivity contribution is 5.67. The van der Waals surface area contributed by atoms with Gasteiger partial charge < -0.3 is 9.73 Å². The number of benzene rings is 1. The molecule has 0 bridgehead atoms. The van der Waals surface area contributed by atoms with Crippen LogP contribution in [0.25, 0.3) is 22.7 Å². The molecular formula is C26H30F3N3O. The molecule has 0 aliphatic heterocycles. The van der Waals surface area contributed by atoms with Gasteiger partial charge in [0.15, 0.2) is 0 Å². The second kappa shape index (κ2) is 8.93. The topological polar surface area (TPSA) is 51.0 Å². The van der Waals surface area contributed by atoms with Crippen molar-refractivity contribution >= 4 is 0 Å². The van der Waals surface area contributed by atoms with Crippen LogP contribution in [-0.4, -0.2) is 29.2 Å². The Kier molecular flexibility index (Phi) is 6.36. The number of alkyl halides is 3. The number of halogens is 3. The van der Waals surface area contributed by atoms with Crippen molar-refractivity contribution in [2.75, 3.05) is 13.1 Å². The van der Waals surface area contributed by atoms with E-state index in [1.165, 1.54) is 11.1 Å². The minimum absolute atomic E-state index is 0.272. The molecule has 0 radical (unpaired) electrons. The molecule has 1 aliphatic carbocycles. The molecule has 0 saturated heterocycles. The molecule has 0 saturated carbocycles. The van der Waals surface area contributed by atoms with Crippen LogP contribution < -0.4 is 5.32 Å². The van der Waals surface area contributed by atoms with Crippen molar-refractivity contribution in [2.45, 2.75) is 59.6 Å². The molecule has 1 aromatic carbocycles. The Morgan fingerprint density at radius 2 is 1.85 bits per heavy atom.